The molecule has 4 nitrogen and oxygen atoms in total. The van der Waals surface area contributed by atoms with Crippen molar-refractivity contribution >= 4 is 11.8 Å². The fourth-order valence-electron chi connectivity index (χ4n) is 4.81. The first-order chi connectivity index (χ1) is 16.6. The van der Waals surface area contributed by atoms with E-state index in [0.717, 1.165) is 17.7 Å². The van der Waals surface area contributed by atoms with Crippen LogP contribution >= 0.6 is 0 Å². The standard InChI is InChI=1S/C30H53NO3/c1-3-4-5-6-7-8-9-10-11-12-13-14-15-16-17-18-19-20-21-22-23-24-28-25-29(33)31(30(28)34)26-27(2)32/h23-24,28,32H,2-22,25-26H2,1H3. The lowest BCUT2D eigenvalue weighted by Crippen LogP contribution is -2.32. The molecule has 1 aliphatic heterocycles. The van der Waals surface area contributed by atoms with Gasteiger partial charge in [0.1, 0.15) is 5.76 Å². The van der Waals surface area contributed by atoms with Gasteiger partial charge in [0.15, 0.2) is 0 Å². The third kappa shape index (κ3) is 15.3. The Morgan fingerprint density at radius 1 is 0.794 bits per heavy atom. The number of amides is 2. The summed E-state index contributed by atoms with van der Waals surface area (Å²) in [6.07, 6.45) is 31.3. The van der Waals surface area contributed by atoms with Crippen LogP contribution in [0.25, 0.3) is 0 Å². The van der Waals surface area contributed by atoms with Gasteiger partial charge in [0.25, 0.3) is 0 Å². The molecule has 1 rings (SSSR count). The van der Waals surface area contributed by atoms with Gasteiger partial charge in [-0.15, -0.1) is 0 Å². The van der Waals surface area contributed by atoms with Gasteiger partial charge in [-0.05, 0) is 12.8 Å². The summed E-state index contributed by atoms with van der Waals surface area (Å²) in [6, 6.07) is 0. The van der Waals surface area contributed by atoms with E-state index in [1.807, 2.05) is 12.2 Å². The molecule has 1 heterocycles. The maximum Gasteiger partial charge on any atom is 0.237 e. The average molecular weight is 476 g/mol. The molecule has 1 aliphatic rings. The van der Waals surface area contributed by atoms with E-state index >= 15 is 0 Å². The van der Waals surface area contributed by atoms with Crippen LogP contribution < -0.4 is 0 Å². The van der Waals surface area contributed by atoms with Gasteiger partial charge in [-0.2, -0.15) is 0 Å². The van der Waals surface area contributed by atoms with Crippen LogP contribution in [-0.2, 0) is 9.59 Å². The Morgan fingerprint density at radius 3 is 1.62 bits per heavy atom. The van der Waals surface area contributed by atoms with Crippen LogP contribution in [0.1, 0.15) is 142 Å². The third-order valence-corrected chi connectivity index (χ3v) is 6.96. The number of allylic oxidation sites excluding steroid dienone is 1. The molecule has 1 fully saturated rings. The van der Waals surface area contributed by atoms with Crippen LogP contribution in [0.15, 0.2) is 24.5 Å². The number of hydrogen-bond acceptors (Lipinski definition) is 3. The van der Waals surface area contributed by atoms with Crippen LogP contribution in [0.5, 0.6) is 0 Å². The summed E-state index contributed by atoms with van der Waals surface area (Å²) in [7, 11) is 0. The van der Waals surface area contributed by atoms with E-state index in [4.69, 9.17) is 0 Å². The van der Waals surface area contributed by atoms with Gasteiger partial charge < -0.3 is 5.11 Å². The van der Waals surface area contributed by atoms with Gasteiger partial charge >= 0.3 is 0 Å². The van der Waals surface area contributed by atoms with Crippen LogP contribution in [0, 0.1) is 5.92 Å². The zero-order valence-corrected chi connectivity index (χ0v) is 22.2. The zero-order chi connectivity index (χ0) is 24.9. The van der Waals surface area contributed by atoms with Gasteiger partial charge in [0.05, 0.1) is 12.5 Å². The summed E-state index contributed by atoms with van der Waals surface area (Å²) in [5, 5.41) is 9.23. The number of aliphatic hydroxyl groups is 1. The number of aliphatic hydroxyl groups excluding tert-OH is 1. The zero-order valence-electron chi connectivity index (χ0n) is 22.2. The molecule has 1 N–H and O–H groups in total. The van der Waals surface area contributed by atoms with Crippen molar-refractivity contribution in [2.45, 2.75) is 142 Å². The van der Waals surface area contributed by atoms with E-state index < -0.39 is 0 Å². The van der Waals surface area contributed by atoms with Crippen molar-refractivity contribution < 1.29 is 14.7 Å². The number of rotatable bonds is 23. The van der Waals surface area contributed by atoms with Gasteiger partial charge in [-0.25, -0.2) is 0 Å². The fourth-order valence-corrected chi connectivity index (χ4v) is 4.81. The molecule has 0 saturated carbocycles. The molecule has 0 radical (unpaired) electrons. The minimum absolute atomic E-state index is 0.0820. The lowest BCUT2D eigenvalue weighted by Gasteiger charge is -2.12. The lowest BCUT2D eigenvalue weighted by molar-refractivity contribution is -0.138. The average Bonchev–Trinajstić information content (AvgIpc) is 3.07. The monoisotopic (exact) mass is 475 g/mol. The van der Waals surface area contributed by atoms with Crippen molar-refractivity contribution in [3.8, 4) is 0 Å². The maximum atomic E-state index is 12.2. The molecule has 0 aromatic carbocycles. The highest BCUT2D eigenvalue weighted by molar-refractivity contribution is 6.04. The predicted molar refractivity (Wildman–Crippen MR) is 144 cm³/mol. The molecule has 0 aromatic heterocycles. The van der Waals surface area contributed by atoms with E-state index in [0.29, 0.717) is 0 Å². The number of imide groups is 1. The summed E-state index contributed by atoms with van der Waals surface area (Å²) in [5.74, 6) is -0.962. The summed E-state index contributed by atoms with van der Waals surface area (Å²) in [6.45, 7) is 5.56. The number of hydrogen-bond donors (Lipinski definition) is 1. The number of likely N-dealkylation sites (tertiary alicyclic amines) is 1. The molecule has 196 valence electrons. The molecule has 1 saturated heterocycles. The van der Waals surface area contributed by atoms with Gasteiger partial charge in [-0.1, -0.05) is 141 Å². The van der Waals surface area contributed by atoms with E-state index in [1.54, 1.807) is 0 Å². The molecular weight excluding hydrogens is 422 g/mol. The fraction of sp³-hybridized carbons (Fsp3) is 0.800. The Kier molecular flexibility index (Phi) is 18.6. The van der Waals surface area contributed by atoms with Crippen LogP contribution in [0.3, 0.4) is 0 Å². The second-order valence-corrected chi connectivity index (χ2v) is 10.3. The number of carbonyl (C=O) groups is 2. The molecule has 1 atom stereocenters. The lowest BCUT2D eigenvalue weighted by atomic mass is 10.0. The highest BCUT2D eigenvalue weighted by atomic mass is 16.3. The molecule has 1 unspecified atom stereocenters. The SMILES string of the molecule is C=C(O)CN1C(=O)CC(C=CCCCCCCCCCCCCCCCCCCCCC)C1=O. The van der Waals surface area contributed by atoms with Crippen LogP contribution in [0.2, 0.25) is 0 Å². The van der Waals surface area contributed by atoms with Crippen molar-refractivity contribution in [3.05, 3.63) is 24.5 Å². The number of unbranched alkanes of at least 4 members (excludes halogenated alkanes) is 19. The van der Waals surface area contributed by atoms with Crippen molar-refractivity contribution in [1.29, 1.82) is 0 Å². The molecule has 0 aromatic rings. The van der Waals surface area contributed by atoms with E-state index in [1.165, 1.54) is 116 Å². The number of nitrogens with zero attached hydrogens (tertiary/aromatic N) is 1. The summed E-state index contributed by atoms with van der Waals surface area (Å²) in [5.41, 5.74) is 0. The Balaban J connectivity index is 1.82. The second-order valence-electron chi connectivity index (χ2n) is 10.3. The van der Waals surface area contributed by atoms with E-state index in [-0.39, 0.29) is 36.5 Å². The van der Waals surface area contributed by atoms with E-state index in [2.05, 4.69) is 13.5 Å². The first-order valence-electron chi connectivity index (χ1n) is 14.4. The van der Waals surface area contributed by atoms with Crippen molar-refractivity contribution in [2.75, 3.05) is 6.54 Å². The molecule has 0 bridgehead atoms. The Bertz CT molecular complexity index is 584. The van der Waals surface area contributed by atoms with Crippen LogP contribution in [0.4, 0.5) is 0 Å². The third-order valence-electron chi connectivity index (χ3n) is 6.96. The second kappa shape index (κ2) is 20.8. The number of carbonyl (C=O) groups excluding carboxylic acids is 2. The Morgan fingerprint density at radius 2 is 1.21 bits per heavy atom. The summed E-state index contributed by atoms with van der Waals surface area (Å²) >= 11 is 0. The first kappa shape index (κ1) is 30.5. The summed E-state index contributed by atoms with van der Waals surface area (Å²) in [4.78, 5) is 25.2. The molecule has 34 heavy (non-hydrogen) atoms. The largest absolute Gasteiger partial charge is 0.511 e. The van der Waals surface area contributed by atoms with Crippen molar-refractivity contribution in [3.63, 3.8) is 0 Å². The van der Waals surface area contributed by atoms with Crippen molar-refractivity contribution in [2.24, 2.45) is 5.92 Å². The molecule has 2 amide bonds. The van der Waals surface area contributed by atoms with Gasteiger partial charge in [0, 0.05) is 6.42 Å². The molecule has 0 spiro atoms. The Hall–Kier alpha value is -1.58. The summed E-state index contributed by atoms with van der Waals surface area (Å²) < 4.78 is 0. The van der Waals surface area contributed by atoms with Gasteiger partial charge in [-0.3, -0.25) is 14.5 Å². The quantitative estimate of drug-likeness (QED) is 0.0695. The normalized spacial score (nSPS) is 16.3. The molecular formula is C30H53NO3. The van der Waals surface area contributed by atoms with Crippen molar-refractivity contribution in [1.82, 2.24) is 4.90 Å². The predicted octanol–water partition coefficient (Wildman–Crippen LogP) is 8.81. The first-order valence-corrected chi connectivity index (χ1v) is 14.4. The molecule has 4 heteroatoms. The highest BCUT2D eigenvalue weighted by Crippen LogP contribution is 2.22. The minimum Gasteiger partial charge on any atom is -0.511 e. The smallest absolute Gasteiger partial charge is 0.237 e. The molecule has 0 aliphatic carbocycles. The topological polar surface area (TPSA) is 57.6 Å². The highest BCUT2D eigenvalue weighted by Gasteiger charge is 2.36. The Labute approximate surface area is 210 Å². The van der Waals surface area contributed by atoms with E-state index in [9.17, 15) is 14.7 Å². The maximum absolute atomic E-state index is 12.2. The van der Waals surface area contributed by atoms with Crippen LogP contribution in [-0.4, -0.2) is 28.4 Å². The van der Waals surface area contributed by atoms with Gasteiger partial charge in [0.2, 0.25) is 11.8 Å². The minimum atomic E-state index is -0.368.